The number of nitrogens with zero attached hydrogens (tertiary/aromatic N) is 1. The van der Waals surface area contributed by atoms with Crippen LogP contribution in [0.2, 0.25) is 0 Å². The number of carboxylic acids is 1. The zero-order chi connectivity index (χ0) is 11.2. The summed E-state index contributed by atoms with van der Waals surface area (Å²) in [5.41, 5.74) is 0. The molecule has 0 aliphatic carbocycles. The predicted octanol–water partition coefficient (Wildman–Crippen LogP) is -2.25. The summed E-state index contributed by atoms with van der Waals surface area (Å²) in [4.78, 5) is 22.8. The molecule has 4 atom stereocenters. The average molecular weight is 217 g/mol. The number of hydrogen-bond acceptors (Lipinski definition) is 5. The predicted molar refractivity (Wildman–Crippen MR) is 44.6 cm³/mol. The van der Waals surface area contributed by atoms with E-state index in [1.54, 1.807) is 0 Å². The van der Waals surface area contributed by atoms with Crippen molar-refractivity contribution in [2.75, 3.05) is 6.54 Å². The van der Waals surface area contributed by atoms with Gasteiger partial charge in [0.05, 0.1) is 13.0 Å². The Labute approximate surface area is 84.9 Å². The third-order valence-electron chi connectivity index (χ3n) is 2.68. The summed E-state index contributed by atoms with van der Waals surface area (Å²) in [6.45, 7) is 0.134. The van der Waals surface area contributed by atoms with Crippen molar-refractivity contribution in [1.29, 1.82) is 0 Å². The molecule has 0 spiro atoms. The number of amides is 1. The Kier molecular flexibility index (Phi) is 2.37. The lowest BCUT2D eigenvalue weighted by Crippen LogP contribution is -2.49. The van der Waals surface area contributed by atoms with Gasteiger partial charge in [-0.05, 0) is 0 Å². The van der Waals surface area contributed by atoms with Gasteiger partial charge in [-0.1, -0.05) is 0 Å². The summed E-state index contributed by atoms with van der Waals surface area (Å²) >= 11 is 0. The van der Waals surface area contributed by atoms with Crippen molar-refractivity contribution in [3.63, 3.8) is 0 Å². The van der Waals surface area contributed by atoms with Crippen LogP contribution in [0, 0.1) is 0 Å². The lowest BCUT2D eigenvalue weighted by molar-refractivity contribution is -0.167. The van der Waals surface area contributed by atoms with E-state index >= 15 is 0 Å². The van der Waals surface area contributed by atoms with Crippen LogP contribution in [0.1, 0.15) is 6.42 Å². The SMILES string of the molecule is O=C(O)[C@@H](O)[C@@H](O)[C@H]1CN2C(=O)C[C@@H]2O1. The number of β-lactam (4-membered cyclic amide) rings is 1. The van der Waals surface area contributed by atoms with E-state index in [0.717, 1.165) is 0 Å². The molecular weight excluding hydrogens is 206 g/mol. The zero-order valence-corrected chi connectivity index (χ0v) is 7.74. The number of carboxylic acid groups (broad SMARTS) is 1. The Bertz CT molecular complexity index is 306. The number of carbonyl (C=O) groups excluding carboxylic acids is 1. The molecule has 2 saturated heterocycles. The third kappa shape index (κ3) is 1.58. The first-order valence-corrected chi connectivity index (χ1v) is 4.54. The van der Waals surface area contributed by atoms with Crippen molar-refractivity contribution in [2.45, 2.75) is 31.0 Å². The maximum atomic E-state index is 11.0. The number of ether oxygens (including phenoxy) is 1. The van der Waals surface area contributed by atoms with E-state index in [9.17, 15) is 14.7 Å². The number of fused-ring (bicyclic) bond motifs is 1. The van der Waals surface area contributed by atoms with Gasteiger partial charge >= 0.3 is 5.97 Å². The first-order valence-electron chi connectivity index (χ1n) is 4.54. The zero-order valence-electron chi connectivity index (χ0n) is 7.74. The molecule has 0 unspecified atom stereocenters. The molecule has 2 aliphatic heterocycles. The highest BCUT2D eigenvalue weighted by molar-refractivity contribution is 5.83. The van der Waals surface area contributed by atoms with E-state index < -0.39 is 24.3 Å². The third-order valence-corrected chi connectivity index (χ3v) is 2.68. The van der Waals surface area contributed by atoms with Gasteiger partial charge in [0.15, 0.2) is 6.10 Å². The number of aliphatic hydroxyl groups is 2. The van der Waals surface area contributed by atoms with Crippen molar-refractivity contribution >= 4 is 11.9 Å². The van der Waals surface area contributed by atoms with E-state index in [1.165, 1.54) is 4.90 Å². The number of carbonyl (C=O) groups is 2. The molecule has 0 radical (unpaired) electrons. The minimum Gasteiger partial charge on any atom is -0.479 e. The van der Waals surface area contributed by atoms with Gasteiger partial charge in [-0.15, -0.1) is 0 Å². The van der Waals surface area contributed by atoms with Gasteiger partial charge < -0.3 is 25.0 Å². The van der Waals surface area contributed by atoms with Gasteiger partial charge in [0.25, 0.3) is 0 Å². The maximum absolute atomic E-state index is 11.0. The molecule has 0 saturated carbocycles. The monoisotopic (exact) mass is 217 g/mol. The normalized spacial score (nSPS) is 33.2. The molecule has 0 aromatic rings. The topological polar surface area (TPSA) is 107 Å². The highest BCUT2D eigenvalue weighted by Crippen LogP contribution is 2.30. The lowest BCUT2D eigenvalue weighted by atomic mass is 10.1. The Hall–Kier alpha value is -1.18. The summed E-state index contributed by atoms with van der Waals surface area (Å²) < 4.78 is 5.20. The van der Waals surface area contributed by atoms with E-state index in [0.29, 0.717) is 0 Å². The van der Waals surface area contributed by atoms with E-state index in [-0.39, 0.29) is 25.1 Å². The molecule has 1 amide bonds. The Balaban J connectivity index is 1.96. The van der Waals surface area contributed by atoms with Crippen LogP contribution in [0.25, 0.3) is 0 Å². The van der Waals surface area contributed by atoms with Crippen molar-refractivity contribution < 1.29 is 29.6 Å². The Morgan fingerprint density at radius 3 is 2.67 bits per heavy atom. The molecule has 2 fully saturated rings. The van der Waals surface area contributed by atoms with Crippen molar-refractivity contribution in [2.24, 2.45) is 0 Å². The first-order chi connectivity index (χ1) is 7.00. The van der Waals surface area contributed by atoms with Crippen LogP contribution in [0.3, 0.4) is 0 Å². The lowest BCUT2D eigenvalue weighted by Gasteiger charge is -2.31. The highest BCUT2D eigenvalue weighted by Gasteiger charge is 2.49. The second-order valence-corrected chi connectivity index (χ2v) is 3.65. The molecule has 3 N–H and O–H groups in total. The maximum Gasteiger partial charge on any atom is 0.335 e. The Morgan fingerprint density at radius 1 is 1.53 bits per heavy atom. The van der Waals surface area contributed by atoms with Gasteiger partial charge in [0.2, 0.25) is 5.91 Å². The average Bonchev–Trinajstić information content (AvgIpc) is 2.53. The molecule has 0 aromatic carbocycles. The summed E-state index contributed by atoms with van der Waals surface area (Å²) in [5.74, 6) is -1.59. The second-order valence-electron chi connectivity index (χ2n) is 3.65. The first kappa shape index (κ1) is 10.3. The molecule has 2 aliphatic rings. The highest BCUT2D eigenvalue weighted by atomic mass is 16.5. The minimum absolute atomic E-state index is 0.0838. The number of aliphatic carboxylic acids is 1. The van der Waals surface area contributed by atoms with Crippen molar-refractivity contribution in [3.05, 3.63) is 0 Å². The second kappa shape index (κ2) is 3.44. The van der Waals surface area contributed by atoms with Crippen LogP contribution >= 0.6 is 0 Å². The van der Waals surface area contributed by atoms with Crippen LogP contribution in [0.4, 0.5) is 0 Å². The summed E-state index contributed by atoms with van der Waals surface area (Å²) in [6.07, 6.45) is -4.33. The largest absolute Gasteiger partial charge is 0.479 e. The summed E-state index contributed by atoms with van der Waals surface area (Å²) in [6, 6.07) is 0. The molecular formula is C8H11NO6. The molecule has 0 aromatic heterocycles. The molecule has 7 heteroatoms. The fourth-order valence-corrected chi connectivity index (χ4v) is 1.74. The van der Waals surface area contributed by atoms with Crippen molar-refractivity contribution in [1.82, 2.24) is 4.90 Å². The van der Waals surface area contributed by atoms with Gasteiger partial charge in [-0.2, -0.15) is 0 Å². The van der Waals surface area contributed by atoms with Gasteiger partial charge in [-0.25, -0.2) is 4.79 Å². The number of rotatable bonds is 3. The summed E-state index contributed by atoms with van der Waals surface area (Å²) in [7, 11) is 0. The quantitative estimate of drug-likeness (QED) is 0.461. The molecule has 2 heterocycles. The van der Waals surface area contributed by atoms with Gasteiger partial charge in [0.1, 0.15) is 18.4 Å². The number of hydrogen-bond donors (Lipinski definition) is 3. The molecule has 15 heavy (non-hydrogen) atoms. The van der Waals surface area contributed by atoms with Crippen molar-refractivity contribution in [3.8, 4) is 0 Å². The van der Waals surface area contributed by atoms with Crippen LogP contribution in [-0.2, 0) is 14.3 Å². The smallest absolute Gasteiger partial charge is 0.335 e. The minimum atomic E-state index is -1.89. The van der Waals surface area contributed by atoms with Gasteiger partial charge in [-0.3, -0.25) is 4.79 Å². The summed E-state index contributed by atoms with van der Waals surface area (Å²) in [5, 5.41) is 27.0. The molecule has 7 nitrogen and oxygen atoms in total. The fourth-order valence-electron chi connectivity index (χ4n) is 1.74. The number of aliphatic hydroxyl groups excluding tert-OH is 2. The fraction of sp³-hybridized carbons (Fsp3) is 0.750. The Morgan fingerprint density at radius 2 is 2.20 bits per heavy atom. The van der Waals surface area contributed by atoms with Crippen LogP contribution < -0.4 is 0 Å². The van der Waals surface area contributed by atoms with Crippen LogP contribution in [0.15, 0.2) is 0 Å². The van der Waals surface area contributed by atoms with E-state index in [2.05, 4.69) is 0 Å². The van der Waals surface area contributed by atoms with Crippen LogP contribution in [-0.4, -0.2) is 63.2 Å². The standard InChI is InChI=1S/C8H11NO6/c10-4-1-5-9(4)2-3(15-5)6(11)7(12)8(13)14/h3,5-7,11-12H,1-2H2,(H,13,14)/t3-,5+,6+,7+/m1/s1. The molecule has 0 bridgehead atoms. The van der Waals surface area contributed by atoms with E-state index in [1.807, 2.05) is 0 Å². The van der Waals surface area contributed by atoms with Gasteiger partial charge in [0, 0.05) is 0 Å². The molecule has 84 valence electrons. The van der Waals surface area contributed by atoms with Crippen LogP contribution in [0.5, 0.6) is 0 Å². The van der Waals surface area contributed by atoms with E-state index in [4.69, 9.17) is 14.9 Å². The molecule has 2 rings (SSSR count).